The number of hydrogen-bond donors (Lipinski definition) is 0. The smallest absolute Gasteiger partial charge is 0.0448 e. The van der Waals surface area contributed by atoms with Gasteiger partial charge in [-0.3, -0.25) is 0 Å². The first kappa shape index (κ1) is 15.5. The Labute approximate surface area is 86.1 Å². The Hall–Kier alpha value is 0. The van der Waals surface area contributed by atoms with E-state index in [1.54, 1.807) is 0 Å². The lowest BCUT2D eigenvalue weighted by Crippen LogP contribution is -1.95. The average Bonchev–Trinajstić information content (AvgIpc) is 1.84. The molecule has 0 heteroatoms. The van der Waals surface area contributed by atoms with Gasteiger partial charge in [-0.2, -0.15) is 0 Å². The molecule has 0 spiro atoms. The van der Waals surface area contributed by atoms with E-state index in [0.29, 0.717) is 0 Å². The van der Waals surface area contributed by atoms with Crippen LogP contribution in [0, 0.1) is 23.7 Å². The Morgan fingerprint density at radius 3 is 0.769 bits per heavy atom. The van der Waals surface area contributed by atoms with Crippen molar-refractivity contribution in [2.24, 2.45) is 23.7 Å². The Bertz CT molecular complexity index is 76.2. The second-order valence-corrected chi connectivity index (χ2v) is 5.51. The minimum Gasteiger partial charge on any atom is -0.0628 e. The fourth-order valence-electron chi connectivity index (χ4n) is 0.943. The van der Waals surface area contributed by atoms with E-state index in [0.717, 1.165) is 23.7 Å². The van der Waals surface area contributed by atoms with Crippen LogP contribution in [0.15, 0.2) is 0 Å². The summed E-state index contributed by atoms with van der Waals surface area (Å²) in [6.45, 7) is 18.0. The molecule has 0 saturated heterocycles. The van der Waals surface area contributed by atoms with Crippen molar-refractivity contribution in [3.8, 4) is 0 Å². The molecule has 0 bridgehead atoms. The number of rotatable bonds is 3. The molecule has 0 saturated carbocycles. The molecule has 0 aromatic carbocycles. The zero-order valence-corrected chi connectivity index (χ0v) is 11.0. The van der Waals surface area contributed by atoms with Crippen molar-refractivity contribution in [2.45, 2.75) is 61.8 Å². The van der Waals surface area contributed by atoms with Gasteiger partial charge in [-0.05, 0) is 30.1 Å². The van der Waals surface area contributed by atoms with Crippen molar-refractivity contribution in [2.75, 3.05) is 0 Å². The normalized spacial score (nSPS) is 11.1. The van der Waals surface area contributed by atoms with E-state index in [4.69, 9.17) is 0 Å². The third kappa shape index (κ3) is 18.8. The van der Waals surface area contributed by atoms with Gasteiger partial charge in [0.1, 0.15) is 0 Å². The second kappa shape index (κ2) is 8.59. The summed E-state index contributed by atoms with van der Waals surface area (Å²) in [5.41, 5.74) is 0. The van der Waals surface area contributed by atoms with Gasteiger partial charge in [-0.25, -0.2) is 0 Å². The maximum absolute atomic E-state index is 2.26. The van der Waals surface area contributed by atoms with Crippen molar-refractivity contribution in [3.63, 3.8) is 0 Å². The Kier molecular flexibility index (Phi) is 10.2. The molecule has 82 valence electrons. The summed E-state index contributed by atoms with van der Waals surface area (Å²) in [6.07, 6.45) is 1.36. The zero-order chi connectivity index (χ0) is 11.0. The Morgan fingerprint density at radius 1 is 0.538 bits per heavy atom. The van der Waals surface area contributed by atoms with Gasteiger partial charge < -0.3 is 0 Å². The molecular weight excluding hydrogens is 156 g/mol. The van der Waals surface area contributed by atoms with E-state index in [1.807, 2.05) is 0 Å². The van der Waals surface area contributed by atoms with Gasteiger partial charge in [0.05, 0.1) is 0 Å². The molecule has 0 aromatic heterocycles. The first-order valence-electron chi connectivity index (χ1n) is 5.77. The lowest BCUT2D eigenvalue weighted by Gasteiger charge is -2.05. The van der Waals surface area contributed by atoms with Crippen LogP contribution in [0.4, 0.5) is 0 Å². The summed E-state index contributed by atoms with van der Waals surface area (Å²) in [5.74, 6) is 3.45. The van der Waals surface area contributed by atoms with Gasteiger partial charge in [-0.1, -0.05) is 55.4 Å². The van der Waals surface area contributed by atoms with E-state index >= 15 is 0 Å². The minimum atomic E-state index is 0.852. The van der Waals surface area contributed by atoms with Crippen LogP contribution in [-0.4, -0.2) is 0 Å². The summed E-state index contributed by atoms with van der Waals surface area (Å²) < 4.78 is 0. The molecule has 0 aliphatic carbocycles. The molecule has 0 nitrogen and oxygen atoms in total. The van der Waals surface area contributed by atoms with Crippen LogP contribution in [0.2, 0.25) is 0 Å². The molecule has 0 fully saturated rings. The molecule has 0 radical (unpaired) electrons. The van der Waals surface area contributed by atoms with Crippen LogP contribution in [0.3, 0.4) is 0 Å². The van der Waals surface area contributed by atoms with Crippen LogP contribution in [0.25, 0.3) is 0 Å². The van der Waals surface area contributed by atoms with Crippen molar-refractivity contribution in [3.05, 3.63) is 0 Å². The highest BCUT2D eigenvalue weighted by atomic mass is 14.0. The molecule has 0 N–H and O–H groups in total. The maximum atomic E-state index is 2.26. The van der Waals surface area contributed by atoms with E-state index < -0.39 is 0 Å². The second-order valence-electron chi connectivity index (χ2n) is 5.51. The van der Waals surface area contributed by atoms with Gasteiger partial charge >= 0.3 is 0 Å². The molecule has 13 heavy (non-hydrogen) atoms. The predicted octanol–water partition coefficient (Wildman–Crippen LogP) is 4.99. The topological polar surface area (TPSA) is 0 Å². The summed E-state index contributed by atoms with van der Waals surface area (Å²) in [5, 5.41) is 0. The highest BCUT2D eigenvalue weighted by Gasteiger charge is 1.96. The largest absolute Gasteiger partial charge is 0.0628 e. The third-order valence-electron chi connectivity index (χ3n) is 2.28. The molecule has 0 aliphatic rings. The first-order chi connectivity index (χ1) is 5.77. The van der Waals surface area contributed by atoms with Crippen LogP contribution >= 0.6 is 0 Å². The van der Waals surface area contributed by atoms with Crippen molar-refractivity contribution >= 4 is 0 Å². The SMILES string of the molecule is CC(C)C(C)C.CC(C)CC(C)C. The van der Waals surface area contributed by atoms with Gasteiger partial charge in [-0.15, -0.1) is 0 Å². The monoisotopic (exact) mass is 186 g/mol. The molecule has 0 amide bonds. The highest BCUT2D eigenvalue weighted by molar-refractivity contribution is 4.47. The van der Waals surface area contributed by atoms with Crippen molar-refractivity contribution in [1.29, 1.82) is 0 Å². The molecule has 0 rings (SSSR count). The van der Waals surface area contributed by atoms with E-state index in [2.05, 4.69) is 55.4 Å². The van der Waals surface area contributed by atoms with Crippen molar-refractivity contribution < 1.29 is 0 Å². The molecule has 0 aliphatic heterocycles. The fraction of sp³-hybridized carbons (Fsp3) is 1.00. The third-order valence-corrected chi connectivity index (χ3v) is 2.28. The average molecular weight is 186 g/mol. The molecule has 0 atom stereocenters. The highest BCUT2D eigenvalue weighted by Crippen LogP contribution is 2.08. The fourth-order valence-corrected chi connectivity index (χ4v) is 0.943. The minimum absolute atomic E-state index is 0.852. The quantitative estimate of drug-likeness (QED) is 0.582. The summed E-state index contributed by atoms with van der Waals surface area (Å²) in [6, 6.07) is 0. The van der Waals surface area contributed by atoms with Gasteiger partial charge in [0.2, 0.25) is 0 Å². The molecule has 0 heterocycles. The summed E-state index contributed by atoms with van der Waals surface area (Å²) in [7, 11) is 0. The molecule has 0 aromatic rings. The van der Waals surface area contributed by atoms with Gasteiger partial charge in [0.25, 0.3) is 0 Å². The lowest BCUT2D eigenvalue weighted by molar-refractivity contribution is 0.457. The van der Waals surface area contributed by atoms with E-state index in [1.165, 1.54) is 6.42 Å². The van der Waals surface area contributed by atoms with E-state index in [9.17, 15) is 0 Å². The maximum Gasteiger partial charge on any atom is -0.0448 e. The van der Waals surface area contributed by atoms with Crippen LogP contribution in [0.1, 0.15) is 61.8 Å². The molecular formula is C13H30. The van der Waals surface area contributed by atoms with Crippen LogP contribution in [0.5, 0.6) is 0 Å². The first-order valence-corrected chi connectivity index (χ1v) is 5.77. The standard InChI is InChI=1S/C7H16.C6H14/c1-6(2)5-7(3)4;1-5(2)6(3)4/h6-7H,5H2,1-4H3;5-6H,1-4H3. The van der Waals surface area contributed by atoms with Crippen LogP contribution < -0.4 is 0 Å². The zero-order valence-electron chi connectivity index (χ0n) is 11.0. The van der Waals surface area contributed by atoms with E-state index in [-0.39, 0.29) is 0 Å². The van der Waals surface area contributed by atoms with Gasteiger partial charge in [0, 0.05) is 0 Å². The number of hydrogen-bond acceptors (Lipinski definition) is 0. The lowest BCUT2D eigenvalue weighted by atomic mass is 10.0. The predicted molar refractivity (Wildman–Crippen MR) is 64.0 cm³/mol. The summed E-state index contributed by atoms with van der Waals surface area (Å²) in [4.78, 5) is 0. The van der Waals surface area contributed by atoms with Crippen LogP contribution in [-0.2, 0) is 0 Å². The Morgan fingerprint density at radius 2 is 0.769 bits per heavy atom. The molecule has 0 unspecified atom stereocenters. The Balaban J connectivity index is 0. The van der Waals surface area contributed by atoms with Gasteiger partial charge in [0.15, 0.2) is 0 Å². The summed E-state index contributed by atoms with van der Waals surface area (Å²) >= 11 is 0. The van der Waals surface area contributed by atoms with Crippen molar-refractivity contribution in [1.82, 2.24) is 0 Å².